The summed E-state index contributed by atoms with van der Waals surface area (Å²) in [6, 6.07) is 8.43. The molecule has 4 aromatic rings. The molecule has 1 N–H and O–H groups in total. The number of hydrogen-bond acceptors (Lipinski definition) is 8. The summed E-state index contributed by atoms with van der Waals surface area (Å²) in [6.45, 7) is 4.13. The molecule has 0 saturated carbocycles. The Morgan fingerprint density at radius 1 is 1.03 bits per heavy atom. The quantitative estimate of drug-likeness (QED) is 0.346. The highest BCUT2D eigenvalue weighted by Crippen LogP contribution is 2.40. The van der Waals surface area contributed by atoms with E-state index in [9.17, 15) is 4.39 Å². The lowest BCUT2D eigenvalue weighted by Gasteiger charge is -2.26. The van der Waals surface area contributed by atoms with Gasteiger partial charge in [0.05, 0.1) is 24.4 Å². The number of thiazole rings is 1. The summed E-state index contributed by atoms with van der Waals surface area (Å²) in [6.07, 6.45) is 5.48. The van der Waals surface area contributed by atoms with Gasteiger partial charge < -0.3 is 24.4 Å². The van der Waals surface area contributed by atoms with Gasteiger partial charge in [-0.2, -0.15) is 0 Å². The van der Waals surface area contributed by atoms with Crippen molar-refractivity contribution in [2.24, 2.45) is 0 Å². The maximum absolute atomic E-state index is 14.9. The Hall–Kier alpha value is -3.17. The second kappa shape index (κ2) is 9.99. The lowest BCUT2D eigenvalue weighted by Crippen LogP contribution is -2.33. The molecule has 0 amide bonds. The summed E-state index contributed by atoms with van der Waals surface area (Å²) in [5.41, 5.74) is 1.19. The van der Waals surface area contributed by atoms with Crippen LogP contribution in [0.5, 0.6) is 23.0 Å². The van der Waals surface area contributed by atoms with Crippen LogP contribution in [-0.2, 0) is 0 Å². The van der Waals surface area contributed by atoms with Gasteiger partial charge in [0.25, 0.3) is 0 Å². The van der Waals surface area contributed by atoms with Crippen molar-refractivity contribution in [1.82, 2.24) is 14.9 Å². The van der Waals surface area contributed by atoms with Crippen molar-refractivity contribution in [3.63, 3.8) is 0 Å². The summed E-state index contributed by atoms with van der Waals surface area (Å²) in [4.78, 5) is 11.4. The van der Waals surface area contributed by atoms with Gasteiger partial charge in [-0.15, -0.1) is 0 Å². The van der Waals surface area contributed by atoms with Gasteiger partial charge in [0.1, 0.15) is 11.3 Å². The number of piperidine rings is 1. The highest BCUT2D eigenvalue weighted by atomic mass is 32.1. The minimum Gasteiger partial charge on any atom is -0.493 e. The van der Waals surface area contributed by atoms with Crippen molar-refractivity contribution < 1.29 is 18.6 Å². The zero-order chi connectivity index (χ0) is 23.5. The zero-order valence-electron chi connectivity index (χ0n) is 19.3. The van der Waals surface area contributed by atoms with E-state index in [1.54, 1.807) is 38.6 Å². The minimum absolute atomic E-state index is 0.137. The average molecular weight is 483 g/mol. The third-order valence-electron chi connectivity index (χ3n) is 6.03. The van der Waals surface area contributed by atoms with E-state index < -0.39 is 5.82 Å². The Labute approximate surface area is 201 Å². The van der Waals surface area contributed by atoms with Gasteiger partial charge in [0, 0.05) is 36.8 Å². The first kappa shape index (κ1) is 22.6. The number of aromatic nitrogens is 2. The molecule has 2 aromatic carbocycles. The number of pyridine rings is 1. The molecule has 2 aromatic heterocycles. The van der Waals surface area contributed by atoms with Crippen molar-refractivity contribution >= 4 is 37.6 Å². The normalized spacial score (nSPS) is 14.4. The van der Waals surface area contributed by atoms with E-state index in [0.717, 1.165) is 36.0 Å². The molecule has 0 bridgehead atoms. The Morgan fingerprint density at radius 2 is 1.88 bits per heavy atom. The van der Waals surface area contributed by atoms with Crippen LogP contribution in [0, 0.1) is 5.82 Å². The van der Waals surface area contributed by atoms with Crippen LogP contribution in [0.3, 0.4) is 0 Å². The van der Waals surface area contributed by atoms with Gasteiger partial charge in [0.15, 0.2) is 28.2 Å². The zero-order valence-corrected chi connectivity index (χ0v) is 20.1. The number of anilines is 1. The Morgan fingerprint density at radius 3 is 2.68 bits per heavy atom. The molecule has 7 nitrogen and oxygen atoms in total. The standard InChI is InChI=1S/C25H27FN4O3S/c1-31-20-7-6-16-19(8-9-27-23(16)24(20)32-2)33-21-15-22-18(14-17(21)26)29-25(34-22)28-10-13-30-11-4-3-5-12-30/h6-9,14-15H,3-5,10-13H2,1-2H3,(H,28,29). The number of rotatable bonds is 8. The van der Waals surface area contributed by atoms with Crippen LogP contribution in [0.1, 0.15) is 19.3 Å². The molecule has 1 saturated heterocycles. The Balaban J connectivity index is 1.37. The molecular formula is C25H27FN4O3S. The third kappa shape index (κ3) is 4.58. The van der Waals surface area contributed by atoms with E-state index in [-0.39, 0.29) is 5.75 Å². The fourth-order valence-electron chi connectivity index (χ4n) is 4.30. The number of nitrogens with zero attached hydrogens (tertiary/aromatic N) is 3. The van der Waals surface area contributed by atoms with Crippen LogP contribution in [0.2, 0.25) is 0 Å². The van der Waals surface area contributed by atoms with Crippen LogP contribution >= 0.6 is 11.3 Å². The topological polar surface area (TPSA) is 68.7 Å². The first-order valence-corrected chi connectivity index (χ1v) is 12.2. The van der Waals surface area contributed by atoms with Gasteiger partial charge in [-0.1, -0.05) is 17.8 Å². The predicted molar refractivity (Wildman–Crippen MR) is 133 cm³/mol. The highest BCUT2D eigenvalue weighted by Gasteiger charge is 2.17. The SMILES string of the molecule is COc1ccc2c(Oc3cc4sc(NCCN5CCCCC5)nc4cc3F)ccnc2c1OC. The molecule has 1 fully saturated rings. The van der Waals surface area contributed by atoms with Gasteiger partial charge in [-0.05, 0) is 44.1 Å². The molecule has 34 heavy (non-hydrogen) atoms. The van der Waals surface area contributed by atoms with E-state index in [1.165, 1.54) is 36.7 Å². The fourth-order valence-corrected chi connectivity index (χ4v) is 5.20. The van der Waals surface area contributed by atoms with Gasteiger partial charge in [-0.25, -0.2) is 9.37 Å². The van der Waals surface area contributed by atoms with Crippen LogP contribution in [-0.4, -0.2) is 55.3 Å². The summed E-state index contributed by atoms with van der Waals surface area (Å²) in [7, 11) is 3.13. The first-order valence-electron chi connectivity index (χ1n) is 11.4. The van der Waals surface area contributed by atoms with Crippen molar-refractivity contribution in [2.75, 3.05) is 45.7 Å². The van der Waals surface area contributed by atoms with Crippen molar-refractivity contribution in [1.29, 1.82) is 0 Å². The Kier molecular flexibility index (Phi) is 6.64. The van der Waals surface area contributed by atoms with E-state index in [2.05, 4.69) is 20.2 Å². The number of halogens is 1. The largest absolute Gasteiger partial charge is 0.493 e. The highest BCUT2D eigenvalue weighted by molar-refractivity contribution is 7.22. The summed E-state index contributed by atoms with van der Waals surface area (Å²) in [5, 5.41) is 4.87. The Bertz CT molecular complexity index is 1310. The van der Waals surface area contributed by atoms with E-state index >= 15 is 0 Å². The van der Waals surface area contributed by atoms with Gasteiger partial charge >= 0.3 is 0 Å². The molecule has 0 radical (unpaired) electrons. The van der Waals surface area contributed by atoms with Crippen molar-refractivity contribution in [2.45, 2.75) is 19.3 Å². The smallest absolute Gasteiger partial charge is 0.187 e. The average Bonchev–Trinajstić information content (AvgIpc) is 3.25. The van der Waals surface area contributed by atoms with E-state index in [0.29, 0.717) is 33.7 Å². The second-order valence-electron chi connectivity index (χ2n) is 8.21. The molecule has 1 aliphatic rings. The lowest BCUT2D eigenvalue weighted by molar-refractivity contribution is 0.237. The molecule has 5 rings (SSSR count). The van der Waals surface area contributed by atoms with Crippen LogP contribution < -0.4 is 19.5 Å². The van der Waals surface area contributed by atoms with Crippen LogP contribution in [0.25, 0.3) is 21.1 Å². The minimum atomic E-state index is -0.469. The number of fused-ring (bicyclic) bond motifs is 2. The number of methoxy groups -OCH3 is 2. The predicted octanol–water partition coefficient (Wildman–Crippen LogP) is 5.69. The molecule has 0 unspecified atom stereocenters. The molecule has 3 heterocycles. The van der Waals surface area contributed by atoms with E-state index in [1.807, 2.05) is 6.07 Å². The molecule has 178 valence electrons. The van der Waals surface area contributed by atoms with Gasteiger partial charge in [-0.3, -0.25) is 4.98 Å². The number of hydrogen-bond donors (Lipinski definition) is 1. The third-order valence-corrected chi connectivity index (χ3v) is 7.01. The monoisotopic (exact) mass is 482 g/mol. The summed E-state index contributed by atoms with van der Waals surface area (Å²) >= 11 is 1.50. The molecule has 0 aliphatic carbocycles. The molecule has 1 aliphatic heterocycles. The second-order valence-corrected chi connectivity index (χ2v) is 9.24. The molecular weight excluding hydrogens is 455 g/mol. The van der Waals surface area contributed by atoms with Crippen LogP contribution in [0.4, 0.5) is 9.52 Å². The molecule has 0 spiro atoms. The molecule has 0 atom stereocenters. The summed E-state index contributed by atoms with van der Waals surface area (Å²) < 4.78 is 32.6. The lowest BCUT2D eigenvalue weighted by atomic mass is 10.1. The summed E-state index contributed by atoms with van der Waals surface area (Å²) in [5.74, 6) is 1.22. The number of ether oxygens (including phenoxy) is 3. The number of likely N-dealkylation sites (tertiary alicyclic amines) is 1. The molecule has 9 heteroatoms. The van der Waals surface area contributed by atoms with Crippen LogP contribution in [0.15, 0.2) is 36.5 Å². The van der Waals surface area contributed by atoms with E-state index in [4.69, 9.17) is 14.2 Å². The first-order chi connectivity index (χ1) is 16.7. The van der Waals surface area contributed by atoms with Crippen molar-refractivity contribution in [3.8, 4) is 23.0 Å². The maximum atomic E-state index is 14.9. The fraction of sp³-hybridized carbons (Fsp3) is 0.360. The maximum Gasteiger partial charge on any atom is 0.187 e. The van der Waals surface area contributed by atoms with Crippen molar-refractivity contribution in [3.05, 3.63) is 42.3 Å². The number of benzene rings is 2. The van der Waals surface area contributed by atoms with Gasteiger partial charge in [0.2, 0.25) is 0 Å². The number of nitrogens with one attached hydrogen (secondary N) is 1.